The van der Waals surface area contributed by atoms with Crippen molar-refractivity contribution in [2.75, 3.05) is 39.8 Å². The first-order chi connectivity index (χ1) is 11.5. The number of hydrogen-bond acceptors (Lipinski definition) is 4. The lowest BCUT2D eigenvalue weighted by atomic mass is 10.3. The maximum atomic E-state index is 12.5. The number of likely N-dealkylation sites (N-methyl/N-ethyl adjacent to an activating group) is 1. The minimum absolute atomic E-state index is 0.291. The van der Waals surface area contributed by atoms with Gasteiger partial charge in [0.2, 0.25) is 5.91 Å². The first kappa shape index (κ1) is 17.4. The Morgan fingerprint density at radius 2 is 2.08 bits per heavy atom. The number of nitrogens with zero attached hydrogens (tertiary/aromatic N) is 5. The van der Waals surface area contributed by atoms with Crippen molar-refractivity contribution < 1.29 is 4.79 Å². The third-order valence-electron chi connectivity index (χ3n) is 5.09. The molecule has 1 aliphatic heterocycles. The first-order valence-corrected chi connectivity index (χ1v) is 9.26. The van der Waals surface area contributed by atoms with Gasteiger partial charge in [-0.15, -0.1) is 0 Å². The molecule has 0 atom stereocenters. The third-order valence-corrected chi connectivity index (χ3v) is 5.09. The molecule has 0 N–H and O–H groups in total. The van der Waals surface area contributed by atoms with Gasteiger partial charge in [-0.05, 0) is 40.2 Å². The summed E-state index contributed by atoms with van der Waals surface area (Å²) >= 11 is 0. The van der Waals surface area contributed by atoms with Crippen molar-refractivity contribution in [3.8, 4) is 0 Å². The average molecular weight is 333 g/mol. The molecule has 0 radical (unpaired) electrons. The Morgan fingerprint density at radius 3 is 2.75 bits per heavy atom. The molecule has 1 aromatic rings. The number of aromatic nitrogens is 2. The van der Waals surface area contributed by atoms with Crippen LogP contribution in [0, 0.1) is 0 Å². The van der Waals surface area contributed by atoms with Crippen LogP contribution in [0.1, 0.15) is 44.7 Å². The molecular formula is C18H31N5O. The van der Waals surface area contributed by atoms with Crippen LogP contribution in [-0.4, -0.2) is 76.2 Å². The SMILES string of the molecule is CC(C)n1cc(CN2CCCN(C(=O)CN(C)C3CC3)CC2)cn1. The zero-order valence-corrected chi connectivity index (χ0v) is 15.3. The van der Waals surface area contributed by atoms with Gasteiger partial charge in [0.1, 0.15) is 0 Å². The molecule has 6 heteroatoms. The summed E-state index contributed by atoms with van der Waals surface area (Å²) in [5, 5.41) is 4.42. The Kier molecular flexibility index (Phi) is 5.56. The highest BCUT2D eigenvalue weighted by atomic mass is 16.2. The predicted molar refractivity (Wildman–Crippen MR) is 94.7 cm³/mol. The molecule has 6 nitrogen and oxygen atoms in total. The van der Waals surface area contributed by atoms with E-state index >= 15 is 0 Å². The van der Waals surface area contributed by atoms with Gasteiger partial charge in [-0.3, -0.25) is 19.3 Å². The van der Waals surface area contributed by atoms with E-state index in [1.807, 2.05) is 10.9 Å². The molecule has 1 saturated heterocycles. The van der Waals surface area contributed by atoms with Crippen LogP contribution in [0.25, 0.3) is 0 Å². The van der Waals surface area contributed by atoms with Crippen molar-refractivity contribution in [3.63, 3.8) is 0 Å². The van der Waals surface area contributed by atoms with Crippen LogP contribution in [0.3, 0.4) is 0 Å². The molecule has 1 amide bonds. The Morgan fingerprint density at radius 1 is 1.29 bits per heavy atom. The zero-order valence-electron chi connectivity index (χ0n) is 15.3. The number of amides is 1. The number of rotatable bonds is 6. The van der Waals surface area contributed by atoms with Crippen LogP contribution in [0.5, 0.6) is 0 Å². The molecular weight excluding hydrogens is 302 g/mol. The fourth-order valence-corrected chi connectivity index (χ4v) is 3.34. The van der Waals surface area contributed by atoms with Crippen LogP contribution in [0.15, 0.2) is 12.4 Å². The van der Waals surface area contributed by atoms with E-state index in [1.165, 1.54) is 18.4 Å². The second-order valence-corrected chi connectivity index (χ2v) is 7.58. The molecule has 24 heavy (non-hydrogen) atoms. The van der Waals surface area contributed by atoms with Gasteiger partial charge in [0.05, 0.1) is 12.7 Å². The average Bonchev–Trinajstić information content (AvgIpc) is 3.32. The van der Waals surface area contributed by atoms with E-state index in [0.29, 0.717) is 24.5 Å². The minimum atomic E-state index is 0.291. The standard InChI is InChI=1S/C18H31N5O/c1-15(2)23-13-16(11-19-23)12-21-7-4-8-22(10-9-21)18(24)14-20(3)17-5-6-17/h11,13,15,17H,4-10,12,14H2,1-3H3. The van der Waals surface area contributed by atoms with Crippen molar-refractivity contribution in [1.82, 2.24) is 24.5 Å². The van der Waals surface area contributed by atoms with Crippen LogP contribution in [-0.2, 0) is 11.3 Å². The lowest BCUT2D eigenvalue weighted by Crippen LogP contribution is -2.41. The largest absolute Gasteiger partial charge is 0.340 e. The summed E-state index contributed by atoms with van der Waals surface area (Å²) < 4.78 is 2.01. The summed E-state index contributed by atoms with van der Waals surface area (Å²) in [4.78, 5) is 19.2. The van der Waals surface area contributed by atoms with Crippen molar-refractivity contribution in [2.24, 2.45) is 0 Å². The molecule has 2 aliphatic rings. The maximum absolute atomic E-state index is 12.5. The van der Waals surface area contributed by atoms with E-state index in [4.69, 9.17) is 0 Å². The van der Waals surface area contributed by atoms with E-state index in [0.717, 1.165) is 39.1 Å². The van der Waals surface area contributed by atoms with Crippen LogP contribution in [0.2, 0.25) is 0 Å². The van der Waals surface area contributed by atoms with E-state index < -0.39 is 0 Å². The highest BCUT2D eigenvalue weighted by Gasteiger charge is 2.29. The maximum Gasteiger partial charge on any atom is 0.236 e. The molecule has 0 aromatic carbocycles. The van der Waals surface area contributed by atoms with Crippen molar-refractivity contribution >= 4 is 5.91 Å². The molecule has 3 rings (SSSR count). The smallest absolute Gasteiger partial charge is 0.236 e. The van der Waals surface area contributed by atoms with Crippen molar-refractivity contribution in [2.45, 2.75) is 51.7 Å². The summed E-state index contributed by atoms with van der Waals surface area (Å²) in [6, 6.07) is 1.05. The van der Waals surface area contributed by atoms with Gasteiger partial charge in [0, 0.05) is 56.6 Å². The van der Waals surface area contributed by atoms with E-state index in [-0.39, 0.29) is 0 Å². The lowest BCUT2D eigenvalue weighted by molar-refractivity contribution is -0.132. The lowest BCUT2D eigenvalue weighted by Gasteiger charge is -2.24. The highest BCUT2D eigenvalue weighted by molar-refractivity contribution is 5.78. The second kappa shape index (κ2) is 7.66. The molecule has 2 heterocycles. The zero-order chi connectivity index (χ0) is 17.1. The fraction of sp³-hybridized carbons (Fsp3) is 0.778. The molecule has 0 spiro atoms. The highest BCUT2D eigenvalue weighted by Crippen LogP contribution is 2.25. The molecule has 1 saturated carbocycles. The molecule has 134 valence electrons. The quantitative estimate of drug-likeness (QED) is 0.793. The topological polar surface area (TPSA) is 44.6 Å². The van der Waals surface area contributed by atoms with Crippen LogP contribution >= 0.6 is 0 Å². The molecule has 0 unspecified atom stereocenters. The van der Waals surface area contributed by atoms with Gasteiger partial charge >= 0.3 is 0 Å². The number of carbonyl (C=O) groups excluding carboxylic acids is 1. The molecule has 1 aromatic heterocycles. The van der Waals surface area contributed by atoms with Gasteiger partial charge in [-0.25, -0.2) is 0 Å². The van der Waals surface area contributed by atoms with E-state index in [9.17, 15) is 4.79 Å². The summed E-state index contributed by atoms with van der Waals surface area (Å²) in [6.07, 6.45) is 7.67. The Labute approximate surface area is 145 Å². The number of carbonyl (C=O) groups is 1. The third kappa shape index (κ3) is 4.57. The van der Waals surface area contributed by atoms with Crippen molar-refractivity contribution in [3.05, 3.63) is 18.0 Å². The summed E-state index contributed by atoms with van der Waals surface area (Å²) in [5.41, 5.74) is 1.26. The van der Waals surface area contributed by atoms with Gasteiger partial charge in [0.15, 0.2) is 0 Å². The Bertz CT molecular complexity index is 551. The van der Waals surface area contributed by atoms with Gasteiger partial charge < -0.3 is 4.90 Å². The summed E-state index contributed by atoms with van der Waals surface area (Å²) in [5.74, 6) is 0.291. The van der Waals surface area contributed by atoms with Crippen LogP contribution < -0.4 is 0 Å². The second-order valence-electron chi connectivity index (χ2n) is 7.58. The minimum Gasteiger partial charge on any atom is -0.340 e. The summed E-state index contributed by atoms with van der Waals surface area (Å²) in [7, 11) is 2.08. The molecule has 2 fully saturated rings. The van der Waals surface area contributed by atoms with Crippen LogP contribution in [0.4, 0.5) is 0 Å². The van der Waals surface area contributed by atoms with Gasteiger partial charge in [-0.2, -0.15) is 5.10 Å². The molecule has 1 aliphatic carbocycles. The summed E-state index contributed by atoms with van der Waals surface area (Å²) in [6.45, 7) is 9.52. The normalized spacial score (nSPS) is 20.0. The number of hydrogen-bond donors (Lipinski definition) is 0. The van der Waals surface area contributed by atoms with E-state index in [2.05, 4.69) is 46.9 Å². The van der Waals surface area contributed by atoms with Crippen molar-refractivity contribution in [1.29, 1.82) is 0 Å². The molecule has 0 bridgehead atoms. The van der Waals surface area contributed by atoms with E-state index in [1.54, 1.807) is 0 Å². The first-order valence-electron chi connectivity index (χ1n) is 9.26. The predicted octanol–water partition coefficient (Wildman–Crippen LogP) is 1.59. The van der Waals surface area contributed by atoms with Gasteiger partial charge in [-0.1, -0.05) is 0 Å². The fourth-order valence-electron chi connectivity index (χ4n) is 3.34. The monoisotopic (exact) mass is 333 g/mol. The Hall–Kier alpha value is -1.40. The van der Waals surface area contributed by atoms with Gasteiger partial charge in [0.25, 0.3) is 0 Å². The Balaban J connectivity index is 1.47.